The highest BCUT2D eigenvalue weighted by atomic mass is 14.3. The van der Waals surface area contributed by atoms with Crippen LogP contribution >= 0.6 is 0 Å². The van der Waals surface area contributed by atoms with E-state index in [1.807, 2.05) is 26.8 Å². The quantitative estimate of drug-likeness (QED) is 0.450. The fourth-order valence-electron chi connectivity index (χ4n) is 0.194. The van der Waals surface area contributed by atoms with Crippen LogP contribution in [-0.2, 0) is 0 Å². The Balaban J connectivity index is 3.40. The highest BCUT2D eigenvalue weighted by molar-refractivity contribution is 4.99. The molecule has 0 amide bonds. The molecule has 0 saturated carbocycles. The first-order valence-corrected chi connectivity index (χ1v) is 2.30. The fourth-order valence-corrected chi connectivity index (χ4v) is 0.194. The summed E-state index contributed by atoms with van der Waals surface area (Å²) in [6.07, 6.45) is 1.62. The molecule has 1 nitrogen and oxygen atoms in total. The van der Waals surface area contributed by atoms with Crippen molar-refractivity contribution in [2.75, 3.05) is 0 Å². The van der Waals surface area contributed by atoms with Gasteiger partial charge in [0.2, 0.25) is 0 Å². The van der Waals surface area contributed by atoms with Crippen molar-refractivity contribution in [1.29, 1.82) is 5.26 Å². The maximum Gasteiger partial charge on any atom is 0.0675 e. The first-order valence-electron chi connectivity index (χ1n) is 2.30. The lowest BCUT2D eigenvalue weighted by Gasteiger charge is -2.09. The topological polar surface area (TPSA) is 23.8 Å². The third-order valence-electron chi connectivity index (χ3n) is 0.498. The fraction of sp³-hybridized carbons (Fsp3) is 0.667. The van der Waals surface area contributed by atoms with E-state index >= 15 is 0 Å². The molecule has 1 heteroatoms. The molecule has 0 aromatic carbocycles. The van der Waals surface area contributed by atoms with Gasteiger partial charge in [-0.1, -0.05) is 20.8 Å². The highest BCUT2D eigenvalue weighted by Gasteiger charge is 2.07. The standard InChI is InChI=1S/C6H10N/c1-6(2,3)4-5-7/h4H,1-3H3. The van der Waals surface area contributed by atoms with E-state index in [1.54, 1.807) is 6.42 Å². The van der Waals surface area contributed by atoms with Crippen LogP contribution in [0.3, 0.4) is 0 Å². The molecule has 0 N–H and O–H groups in total. The minimum absolute atomic E-state index is 0.0642. The zero-order chi connectivity index (χ0) is 5.91. The first-order chi connectivity index (χ1) is 3.06. The number of nitrogens with zero attached hydrogens (tertiary/aromatic N) is 1. The molecule has 0 atom stereocenters. The van der Waals surface area contributed by atoms with Gasteiger partial charge in [0.1, 0.15) is 0 Å². The Labute approximate surface area is 45.0 Å². The Morgan fingerprint density at radius 2 is 1.86 bits per heavy atom. The van der Waals surface area contributed by atoms with Crippen molar-refractivity contribution in [3.05, 3.63) is 6.42 Å². The van der Waals surface area contributed by atoms with Gasteiger partial charge in [0, 0.05) is 0 Å². The Bertz CT molecular complexity index is 81.3. The second-order valence-electron chi connectivity index (χ2n) is 2.64. The van der Waals surface area contributed by atoms with Crippen LogP contribution in [0.25, 0.3) is 0 Å². The maximum absolute atomic E-state index is 8.10. The van der Waals surface area contributed by atoms with E-state index in [0.717, 1.165) is 0 Å². The predicted molar refractivity (Wildman–Crippen MR) is 29.4 cm³/mol. The molecule has 39 valence electrons. The van der Waals surface area contributed by atoms with Gasteiger partial charge in [-0.05, 0) is 5.41 Å². The largest absolute Gasteiger partial charge is 0.198 e. The molecule has 0 heterocycles. The second-order valence-corrected chi connectivity index (χ2v) is 2.64. The Morgan fingerprint density at radius 3 is 1.86 bits per heavy atom. The van der Waals surface area contributed by atoms with Crippen LogP contribution in [0.15, 0.2) is 0 Å². The lowest BCUT2D eigenvalue weighted by Crippen LogP contribution is -2.02. The average Bonchev–Trinajstić information content (AvgIpc) is 1.30. The predicted octanol–water partition coefficient (Wildman–Crippen LogP) is 1.76. The van der Waals surface area contributed by atoms with Gasteiger partial charge < -0.3 is 0 Å². The van der Waals surface area contributed by atoms with Crippen LogP contribution in [0.4, 0.5) is 0 Å². The second kappa shape index (κ2) is 1.97. The molecule has 0 spiro atoms. The molecular weight excluding hydrogens is 86.1 g/mol. The van der Waals surface area contributed by atoms with Gasteiger partial charge in [-0.15, -0.1) is 0 Å². The van der Waals surface area contributed by atoms with Crippen LogP contribution in [0.5, 0.6) is 0 Å². The van der Waals surface area contributed by atoms with E-state index in [-0.39, 0.29) is 5.41 Å². The third kappa shape index (κ3) is 5.49. The van der Waals surface area contributed by atoms with E-state index in [1.165, 1.54) is 0 Å². The van der Waals surface area contributed by atoms with Gasteiger partial charge in [-0.3, -0.25) is 0 Å². The summed E-state index contributed by atoms with van der Waals surface area (Å²) in [5, 5.41) is 8.10. The van der Waals surface area contributed by atoms with E-state index in [9.17, 15) is 0 Å². The molecule has 0 rings (SSSR count). The molecule has 0 aromatic rings. The summed E-state index contributed by atoms with van der Waals surface area (Å²) in [7, 11) is 0. The van der Waals surface area contributed by atoms with Gasteiger partial charge >= 0.3 is 0 Å². The monoisotopic (exact) mass is 96.1 g/mol. The van der Waals surface area contributed by atoms with E-state index in [2.05, 4.69) is 0 Å². The molecule has 0 unspecified atom stereocenters. The van der Waals surface area contributed by atoms with Crippen LogP contribution < -0.4 is 0 Å². The van der Waals surface area contributed by atoms with E-state index in [0.29, 0.717) is 0 Å². The molecule has 0 aliphatic heterocycles. The molecule has 0 aliphatic rings. The third-order valence-corrected chi connectivity index (χ3v) is 0.498. The van der Waals surface area contributed by atoms with Crippen LogP contribution in [0.1, 0.15) is 20.8 Å². The van der Waals surface area contributed by atoms with Crippen molar-refractivity contribution in [2.24, 2.45) is 5.41 Å². The minimum atomic E-state index is 0.0642. The molecule has 0 aromatic heterocycles. The summed E-state index contributed by atoms with van der Waals surface area (Å²) in [4.78, 5) is 0. The van der Waals surface area contributed by atoms with Crippen molar-refractivity contribution in [3.8, 4) is 6.07 Å². The van der Waals surface area contributed by atoms with E-state index in [4.69, 9.17) is 5.26 Å². The summed E-state index contributed by atoms with van der Waals surface area (Å²) in [6, 6.07) is 1.98. The van der Waals surface area contributed by atoms with Crippen LogP contribution in [0, 0.1) is 23.2 Å². The zero-order valence-corrected chi connectivity index (χ0v) is 5.02. The summed E-state index contributed by atoms with van der Waals surface area (Å²) in [6.45, 7) is 5.99. The SMILES string of the molecule is CC(C)(C)[CH]C#N. The van der Waals surface area contributed by atoms with Crippen molar-refractivity contribution in [3.63, 3.8) is 0 Å². The van der Waals surface area contributed by atoms with Gasteiger partial charge in [0.15, 0.2) is 0 Å². The number of nitriles is 1. The van der Waals surface area contributed by atoms with Gasteiger partial charge in [-0.2, -0.15) is 5.26 Å². The molecule has 0 saturated heterocycles. The van der Waals surface area contributed by atoms with Crippen molar-refractivity contribution in [1.82, 2.24) is 0 Å². The highest BCUT2D eigenvalue weighted by Crippen LogP contribution is 2.15. The summed E-state index contributed by atoms with van der Waals surface area (Å²) in [5.74, 6) is 0. The molecule has 0 aliphatic carbocycles. The van der Waals surface area contributed by atoms with Crippen molar-refractivity contribution >= 4 is 0 Å². The van der Waals surface area contributed by atoms with Crippen molar-refractivity contribution in [2.45, 2.75) is 20.8 Å². The Hall–Kier alpha value is -0.510. The normalized spacial score (nSPS) is 10.6. The smallest absolute Gasteiger partial charge is 0.0675 e. The Morgan fingerprint density at radius 1 is 1.43 bits per heavy atom. The van der Waals surface area contributed by atoms with Gasteiger partial charge in [0.25, 0.3) is 0 Å². The Kier molecular flexibility index (Phi) is 1.83. The molecule has 1 radical (unpaired) electrons. The minimum Gasteiger partial charge on any atom is -0.198 e. The first kappa shape index (κ1) is 6.49. The van der Waals surface area contributed by atoms with Gasteiger partial charge in [-0.25, -0.2) is 0 Å². The number of hydrogen-bond acceptors (Lipinski definition) is 1. The summed E-state index contributed by atoms with van der Waals surface area (Å²) >= 11 is 0. The summed E-state index contributed by atoms with van der Waals surface area (Å²) in [5.41, 5.74) is 0.0642. The molecule has 0 fully saturated rings. The summed E-state index contributed by atoms with van der Waals surface area (Å²) < 4.78 is 0. The lowest BCUT2D eigenvalue weighted by atomic mass is 9.93. The van der Waals surface area contributed by atoms with Crippen LogP contribution in [-0.4, -0.2) is 0 Å². The van der Waals surface area contributed by atoms with Crippen molar-refractivity contribution < 1.29 is 0 Å². The molecular formula is C6H10N. The average molecular weight is 96.2 g/mol. The number of rotatable bonds is 0. The zero-order valence-electron chi connectivity index (χ0n) is 5.02. The maximum atomic E-state index is 8.10. The van der Waals surface area contributed by atoms with Gasteiger partial charge in [0.05, 0.1) is 12.5 Å². The van der Waals surface area contributed by atoms with E-state index < -0.39 is 0 Å². The molecule has 7 heavy (non-hydrogen) atoms. The lowest BCUT2D eigenvalue weighted by molar-refractivity contribution is 0.513. The molecule has 0 bridgehead atoms. The number of hydrogen-bond donors (Lipinski definition) is 0. The van der Waals surface area contributed by atoms with Crippen LogP contribution in [0.2, 0.25) is 0 Å².